The first kappa shape index (κ1) is 13.1. The number of rotatable bonds is 4. The maximum absolute atomic E-state index is 3.79. The lowest BCUT2D eigenvalue weighted by Crippen LogP contribution is -2.14. The number of hydrogen-bond donors (Lipinski definition) is 0. The highest BCUT2D eigenvalue weighted by molar-refractivity contribution is 7.48. The molecule has 0 aliphatic heterocycles. The van der Waals surface area contributed by atoms with Crippen LogP contribution in [0.4, 0.5) is 0 Å². The van der Waals surface area contributed by atoms with E-state index in [0.717, 1.165) is 8.58 Å². The van der Waals surface area contributed by atoms with Gasteiger partial charge in [0.2, 0.25) is 0 Å². The fourth-order valence-electron chi connectivity index (χ4n) is 1.99. The first-order valence-corrected chi connectivity index (χ1v) is 7.18. The molecule has 2 aromatic rings. The highest BCUT2D eigenvalue weighted by Crippen LogP contribution is 2.40. The second-order valence-electron chi connectivity index (χ2n) is 4.94. The lowest BCUT2D eigenvalue weighted by atomic mass is 10.0. The van der Waals surface area contributed by atoms with Crippen molar-refractivity contribution in [2.24, 2.45) is 0 Å². The summed E-state index contributed by atoms with van der Waals surface area (Å²) in [4.78, 5) is 0. The minimum atomic E-state index is 0.182. The van der Waals surface area contributed by atoms with Crippen LogP contribution in [-0.4, -0.2) is 0 Å². The van der Waals surface area contributed by atoms with E-state index >= 15 is 0 Å². The van der Waals surface area contributed by atoms with Gasteiger partial charge in [-0.2, -0.15) is 0 Å². The van der Waals surface area contributed by atoms with Crippen LogP contribution in [0.3, 0.4) is 0 Å². The fourth-order valence-corrected chi connectivity index (χ4v) is 3.38. The van der Waals surface area contributed by atoms with Crippen LogP contribution in [0.25, 0.3) is 6.08 Å². The summed E-state index contributed by atoms with van der Waals surface area (Å²) in [5.74, 6) is 0. The average Bonchev–Trinajstić information content (AvgIpc) is 2.39. The third-order valence-corrected chi connectivity index (χ3v) is 4.63. The number of hydrogen-bond acceptors (Lipinski definition) is 0. The Balaban J connectivity index is 2.21. The molecule has 0 saturated heterocycles. The minimum absolute atomic E-state index is 0.182. The Bertz CT molecular complexity index is 509. The Hall–Kier alpha value is -1.39. The fraction of sp³-hybridized carbons (Fsp3) is 0.176. The van der Waals surface area contributed by atoms with E-state index in [0.29, 0.717) is 0 Å². The SMILES string of the molecule is C=Cc1ccc(C(C)(C)Pc2ccccc2)cc1. The average molecular weight is 254 g/mol. The molecule has 0 bridgehead atoms. The van der Waals surface area contributed by atoms with Crippen molar-refractivity contribution in [3.05, 3.63) is 72.3 Å². The Morgan fingerprint density at radius 1 is 0.944 bits per heavy atom. The molecule has 0 aliphatic carbocycles. The highest BCUT2D eigenvalue weighted by atomic mass is 31.1. The lowest BCUT2D eigenvalue weighted by Gasteiger charge is -2.25. The maximum atomic E-state index is 3.79. The van der Waals surface area contributed by atoms with E-state index in [1.54, 1.807) is 0 Å². The zero-order valence-corrected chi connectivity index (χ0v) is 12.0. The van der Waals surface area contributed by atoms with Crippen LogP contribution in [0.1, 0.15) is 25.0 Å². The van der Waals surface area contributed by atoms with E-state index in [2.05, 4.69) is 75.0 Å². The van der Waals surface area contributed by atoms with E-state index in [9.17, 15) is 0 Å². The van der Waals surface area contributed by atoms with Gasteiger partial charge in [-0.3, -0.25) is 0 Å². The van der Waals surface area contributed by atoms with Crippen LogP contribution in [0, 0.1) is 0 Å². The molecule has 2 rings (SSSR count). The largest absolute Gasteiger partial charge is 0.0985 e. The van der Waals surface area contributed by atoms with Crippen molar-refractivity contribution in [3.8, 4) is 0 Å². The molecule has 0 saturated carbocycles. The van der Waals surface area contributed by atoms with Gasteiger partial charge in [-0.25, -0.2) is 0 Å². The highest BCUT2D eigenvalue weighted by Gasteiger charge is 2.20. The predicted molar refractivity (Wildman–Crippen MR) is 84.0 cm³/mol. The smallest absolute Gasteiger partial charge is 0.0111 e. The van der Waals surface area contributed by atoms with Gasteiger partial charge >= 0.3 is 0 Å². The zero-order valence-electron chi connectivity index (χ0n) is 11.0. The number of benzene rings is 2. The normalized spacial score (nSPS) is 11.9. The topological polar surface area (TPSA) is 0 Å². The predicted octanol–water partition coefficient (Wildman–Crippen LogP) is 4.57. The van der Waals surface area contributed by atoms with Crippen LogP contribution in [0.15, 0.2) is 61.2 Å². The first-order valence-electron chi connectivity index (χ1n) is 6.18. The van der Waals surface area contributed by atoms with Gasteiger partial charge < -0.3 is 0 Å². The molecule has 0 aliphatic rings. The van der Waals surface area contributed by atoms with Crippen molar-refractivity contribution in [1.82, 2.24) is 0 Å². The van der Waals surface area contributed by atoms with Gasteiger partial charge in [-0.15, -0.1) is 0 Å². The van der Waals surface area contributed by atoms with Gasteiger partial charge in [-0.1, -0.05) is 89.7 Å². The van der Waals surface area contributed by atoms with Crippen molar-refractivity contribution in [2.45, 2.75) is 19.0 Å². The van der Waals surface area contributed by atoms with E-state index in [1.165, 1.54) is 16.4 Å². The summed E-state index contributed by atoms with van der Waals surface area (Å²) >= 11 is 0. The lowest BCUT2D eigenvalue weighted by molar-refractivity contribution is 0.778. The minimum Gasteiger partial charge on any atom is -0.0985 e. The van der Waals surface area contributed by atoms with Gasteiger partial charge in [0.25, 0.3) is 0 Å². The summed E-state index contributed by atoms with van der Waals surface area (Å²) in [6.07, 6.45) is 1.89. The molecule has 1 unspecified atom stereocenters. The summed E-state index contributed by atoms with van der Waals surface area (Å²) in [6.45, 7) is 8.41. The monoisotopic (exact) mass is 254 g/mol. The Morgan fingerprint density at radius 2 is 1.56 bits per heavy atom. The molecule has 0 fully saturated rings. The molecule has 1 heteroatoms. The van der Waals surface area contributed by atoms with Crippen LogP contribution in [0.2, 0.25) is 0 Å². The molecule has 0 N–H and O–H groups in total. The molecule has 0 spiro atoms. The Morgan fingerprint density at radius 3 is 2.11 bits per heavy atom. The van der Waals surface area contributed by atoms with Crippen molar-refractivity contribution in [3.63, 3.8) is 0 Å². The summed E-state index contributed by atoms with van der Waals surface area (Å²) in [6, 6.07) is 19.4. The molecule has 0 heterocycles. The van der Waals surface area contributed by atoms with Gasteiger partial charge in [0.1, 0.15) is 0 Å². The van der Waals surface area contributed by atoms with E-state index in [4.69, 9.17) is 0 Å². The Kier molecular flexibility index (Phi) is 3.99. The third kappa shape index (κ3) is 3.09. The molecule has 2 aromatic carbocycles. The van der Waals surface area contributed by atoms with E-state index in [-0.39, 0.29) is 5.16 Å². The molecular weight excluding hydrogens is 235 g/mol. The third-order valence-electron chi connectivity index (χ3n) is 3.10. The van der Waals surface area contributed by atoms with Crippen molar-refractivity contribution in [2.75, 3.05) is 0 Å². The van der Waals surface area contributed by atoms with Gasteiger partial charge in [0.05, 0.1) is 0 Å². The van der Waals surface area contributed by atoms with Crippen LogP contribution in [0.5, 0.6) is 0 Å². The van der Waals surface area contributed by atoms with Gasteiger partial charge in [0.15, 0.2) is 0 Å². The van der Waals surface area contributed by atoms with E-state index < -0.39 is 0 Å². The van der Waals surface area contributed by atoms with E-state index in [1.807, 2.05) is 6.08 Å². The molecule has 0 radical (unpaired) electrons. The summed E-state index contributed by atoms with van der Waals surface area (Å²) < 4.78 is 0. The van der Waals surface area contributed by atoms with Crippen molar-refractivity contribution >= 4 is 20.0 Å². The summed E-state index contributed by atoms with van der Waals surface area (Å²) in [5, 5.41) is 1.59. The quantitative estimate of drug-likeness (QED) is 0.701. The second kappa shape index (κ2) is 5.50. The Labute approximate surface area is 112 Å². The van der Waals surface area contributed by atoms with Crippen molar-refractivity contribution < 1.29 is 0 Å². The second-order valence-corrected chi connectivity index (χ2v) is 7.02. The summed E-state index contributed by atoms with van der Waals surface area (Å²) in [5.41, 5.74) is 2.56. The zero-order chi connectivity index (χ0) is 13.0. The van der Waals surface area contributed by atoms with Crippen molar-refractivity contribution in [1.29, 1.82) is 0 Å². The standard InChI is InChI=1S/C17H19P/c1-4-14-10-12-15(13-11-14)17(2,3)18-16-8-6-5-7-9-16/h4-13,18H,1H2,2-3H3. The van der Waals surface area contributed by atoms with Crippen LogP contribution < -0.4 is 5.30 Å². The molecule has 0 nitrogen and oxygen atoms in total. The van der Waals surface area contributed by atoms with Gasteiger partial charge in [-0.05, 0) is 16.4 Å². The molecule has 18 heavy (non-hydrogen) atoms. The molecule has 92 valence electrons. The molecule has 1 atom stereocenters. The molecule has 0 aromatic heterocycles. The first-order chi connectivity index (χ1) is 8.62. The molecule has 0 amide bonds. The van der Waals surface area contributed by atoms with Gasteiger partial charge in [0, 0.05) is 5.16 Å². The van der Waals surface area contributed by atoms with Crippen LogP contribution in [-0.2, 0) is 5.16 Å². The molecular formula is C17H19P. The van der Waals surface area contributed by atoms with Crippen LogP contribution >= 0.6 is 8.58 Å². The maximum Gasteiger partial charge on any atom is 0.0111 e. The summed E-state index contributed by atoms with van der Waals surface area (Å²) in [7, 11) is 0.780.